The Morgan fingerprint density at radius 3 is 2.03 bits per heavy atom. The fraction of sp³-hybridized carbons (Fsp3) is 0.760. The molecule has 0 unspecified atom stereocenters. The van der Waals surface area contributed by atoms with Crippen LogP contribution in [0.3, 0.4) is 0 Å². The van der Waals surface area contributed by atoms with Crippen molar-refractivity contribution in [3.63, 3.8) is 0 Å². The molecule has 3 rings (SSSR count). The molecule has 1 aromatic rings. The van der Waals surface area contributed by atoms with Gasteiger partial charge in [0.2, 0.25) is 5.82 Å². The summed E-state index contributed by atoms with van der Waals surface area (Å²) < 4.78 is 39.3. The van der Waals surface area contributed by atoms with E-state index in [0.717, 1.165) is 30.6 Å². The zero-order chi connectivity index (χ0) is 20.6. The lowest BCUT2D eigenvalue weighted by molar-refractivity contribution is 0.119. The predicted molar refractivity (Wildman–Crippen MR) is 113 cm³/mol. The van der Waals surface area contributed by atoms with Crippen LogP contribution < -0.4 is 4.74 Å². The van der Waals surface area contributed by atoms with E-state index in [9.17, 15) is 8.78 Å². The highest BCUT2D eigenvalue weighted by Crippen LogP contribution is 2.42. The van der Waals surface area contributed by atoms with Crippen LogP contribution in [0.1, 0.15) is 83.6 Å². The van der Waals surface area contributed by atoms with Crippen molar-refractivity contribution in [2.45, 2.75) is 84.7 Å². The van der Waals surface area contributed by atoms with Gasteiger partial charge in [0, 0.05) is 12.2 Å². The standard InChI is InChI=1S/C25H38F2O2/c1-3-5-18-6-10-20(11-7-18)21-12-8-19(9-13-21)16-29-23-15-14-22(17-28-4-2)24(26)25(23)27/h14-15,18-21H,3-13,16-17H2,1-2H3/t18-,19?,20-,21?. The second-order valence-electron chi connectivity index (χ2n) is 9.15. The highest BCUT2D eigenvalue weighted by Gasteiger charge is 2.31. The van der Waals surface area contributed by atoms with E-state index in [2.05, 4.69) is 6.92 Å². The molecule has 1 aromatic carbocycles. The molecule has 0 radical (unpaired) electrons. The molecule has 2 saturated carbocycles. The Balaban J connectivity index is 1.42. The van der Waals surface area contributed by atoms with Gasteiger partial charge in [-0.1, -0.05) is 32.6 Å². The van der Waals surface area contributed by atoms with Gasteiger partial charge in [0.15, 0.2) is 11.6 Å². The van der Waals surface area contributed by atoms with Gasteiger partial charge in [-0.3, -0.25) is 0 Å². The van der Waals surface area contributed by atoms with Crippen LogP contribution in [-0.4, -0.2) is 13.2 Å². The minimum absolute atomic E-state index is 0.0270. The smallest absolute Gasteiger partial charge is 0.200 e. The molecule has 0 N–H and O–H groups in total. The van der Waals surface area contributed by atoms with Crippen LogP contribution in [0, 0.1) is 35.3 Å². The Labute approximate surface area is 175 Å². The molecule has 2 aliphatic rings. The molecule has 164 valence electrons. The average Bonchev–Trinajstić information content (AvgIpc) is 2.75. The number of benzene rings is 1. The largest absolute Gasteiger partial charge is 0.490 e. The molecule has 0 bridgehead atoms. The van der Waals surface area contributed by atoms with Crippen LogP contribution in [0.4, 0.5) is 8.78 Å². The number of hydrogen-bond donors (Lipinski definition) is 0. The third-order valence-corrected chi connectivity index (χ3v) is 7.21. The van der Waals surface area contributed by atoms with Crippen LogP contribution in [0.5, 0.6) is 5.75 Å². The van der Waals surface area contributed by atoms with Crippen LogP contribution in [0.25, 0.3) is 0 Å². The molecule has 2 aliphatic carbocycles. The minimum Gasteiger partial charge on any atom is -0.490 e. The number of hydrogen-bond acceptors (Lipinski definition) is 2. The average molecular weight is 409 g/mol. The van der Waals surface area contributed by atoms with Crippen LogP contribution >= 0.6 is 0 Å². The maximum Gasteiger partial charge on any atom is 0.200 e. The van der Waals surface area contributed by atoms with E-state index < -0.39 is 11.6 Å². The molecule has 0 spiro atoms. The quantitative estimate of drug-likeness (QED) is 0.427. The van der Waals surface area contributed by atoms with Gasteiger partial charge in [-0.15, -0.1) is 0 Å². The third kappa shape index (κ3) is 6.16. The first-order valence-electron chi connectivity index (χ1n) is 11.8. The van der Waals surface area contributed by atoms with Gasteiger partial charge < -0.3 is 9.47 Å². The Bertz CT molecular complexity index is 617. The van der Waals surface area contributed by atoms with Gasteiger partial charge in [0.1, 0.15) is 0 Å². The molecular formula is C25H38F2O2. The zero-order valence-electron chi connectivity index (χ0n) is 18.2. The third-order valence-electron chi connectivity index (χ3n) is 7.21. The number of ether oxygens (including phenoxy) is 2. The van der Waals surface area contributed by atoms with E-state index in [0.29, 0.717) is 19.1 Å². The van der Waals surface area contributed by atoms with E-state index in [4.69, 9.17) is 9.47 Å². The van der Waals surface area contributed by atoms with Crippen molar-refractivity contribution in [2.24, 2.45) is 23.7 Å². The van der Waals surface area contributed by atoms with Gasteiger partial charge in [-0.05, 0) is 81.3 Å². The molecule has 0 heterocycles. The summed E-state index contributed by atoms with van der Waals surface area (Å²) in [4.78, 5) is 0. The molecule has 2 fully saturated rings. The van der Waals surface area contributed by atoms with Crippen molar-refractivity contribution in [1.29, 1.82) is 0 Å². The Kier molecular flexibility index (Phi) is 8.77. The maximum atomic E-state index is 14.3. The summed E-state index contributed by atoms with van der Waals surface area (Å²) in [7, 11) is 0. The summed E-state index contributed by atoms with van der Waals surface area (Å²) in [5.74, 6) is 1.48. The molecule has 0 atom stereocenters. The van der Waals surface area contributed by atoms with Crippen molar-refractivity contribution in [2.75, 3.05) is 13.2 Å². The second-order valence-corrected chi connectivity index (χ2v) is 9.15. The summed E-state index contributed by atoms with van der Waals surface area (Å²) in [6.45, 7) is 5.17. The van der Waals surface area contributed by atoms with Gasteiger partial charge >= 0.3 is 0 Å². The normalized spacial score (nSPS) is 27.7. The Morgan fingerprint density at radius 2 is 1.45 bits per heavy atom. The van der Waals surface area contributed by atoms with Crippen LogP contribution in [-0.2, 0) is 11.3 Å². The van der Waals surface area contributed by atoms with E-state index in [1.807, 2.05) is 6.92 Å². The molecule has 2 nitrogen and oxygen atoms in total. The van der Waals surface area contributed by atoms with Gasteiger partial charge in [0.25, 0.3) is 0 Å². The second kappa shape index (κ2) is 11.3. The number of halogens is 2. The van der Waals surface area contributed by atoms with E-state index in [1.165, 1.54) is 57.4 Å². The maximum absolute atomic E-state index is 14.3. The van der Waals surface area contributed by atoms with Crippen molar-refractivity contribution in [3.05, 3.63) is 29.3 Å². The SMILES string of the molecule is CCC[C@H]1CC[C@H](C2CCC(COc3ccc(COCC)c(F)c3F)CC2)CC1. The summed E-state index contributed by atoms with van der Waals surface area (Å²) in [5.41, 5.74) is 0.242. The van der Waals surface area contributed by atoms with Crippen LogP contribution in [0.2, 0.25) is 0 Å². The first-order chi connectivity index (χ1) is 14.1. The fourth-order valence-corrected chi connectivity index (χ4v) is 5.40. The molecule has 0 amide bonds. The van der Waals surface area contributed by atoms with Crippen LogP contribution in [0.15, 0.2) is 12.1 Å². The van der Waals surface area contributed by atoms with Gasteiger partial charge in [0.05, 0.1) is 13.2 Å². The number of rotatable bonds is 9. The van der Waals surface area contributed by atoms with Crippen molar-refractivity contribution >= 4 is 0 Å². The lowest BCUT2D eigenvalue weighted by Gasteiger charge is -2.37. The first kappa shape index (κ1) is 22.5. The lowest BCUT2D eigenvalue weighted by atomic mass is 9.69. The summed E-state index contributed by atoms with van der Waals surface area (Å²) in [6, 6.07) is 3.10. The first-order valence-corrected chi connectivity index (χ1v) is 11.8. The topological polar surface area (TPSA) is 18.5 Å². The molecule has 29 heavy (non-hydrogen) atoms. The summed E-state index contributed by atoms with van der Waals surface area (Å²) in [5, 5.41) is 0. The summed E-state index contributed by atoms with van der Waals surface area (Å²) >= 11 is 0. The molecule has 0 aromatic heterocycles. The molecule has 0 aliphatic heterocycles. The van der Waals surface area contributed by atoms with E-state index >= 15 is 0 Å². The Hall–Kier alpha value is -1.16. The van der Waals surface area contributed by atoms with Gasteiger partial charge in [-0.25, -0.2) is 4.39 Å². The molecular weight excluding hydrogens is 370 g/mol. The van der Waals surface area contributed by atoms with Crippen molar-refractivity contribution in [3.8, 4) is 5.75 Å². The van der Waals surface area contributed by atoms with Gasteiger partial charge in [-0.2, -0.15) is 4.39 Å². The zero-order valence-corrected chi connectivity index (χ0v) is 18.2. The lowest BCUT2D eigenvalue weighted by Crippen LogP contribution is -2.27. The monoisotopic (exact) mass is 408 g/mol. The van der Waals surface area contributed by atoms with E-state index in [1.54, 1.807) is 6.07 Å². The van der Waals surface area contributed by atoms with E-state index in [-0.39, 0.29) is 17.9 Å². The fourth-order valence-electron chi connectivity index (χ4n) is 5.40. The highest BCUT2D eigenvalue weighted by atomic mass is 19.2. The predicted octanol–water partition coefficient (Wildman–Crippen LogP) is 7.29. The molecule has 0 saturated heterocycles. The Morgan fingerprint density at radius 1 is 0.828 bits per heavy atom. The highest BCUT2D eigenvalue weighted by molar-refractivity contribution is 5.30. The van der Waals surface area contributed by atoms with Crippen molar-refractivity contribution < 1.29 is 18.3 Å². The van der Waals surface area contributed by atoms with Crippen molar-refractivity contribution in [1.82, 2.24) is 0 Å². The summed E-state index contributed by atoms with van der Waals surface area (Å²) in [6.07, 6.45) is 13.2. The molecule has 4 heteroatoms. The minimum atomic E-state index is -0.889.